The first kappa shape index (κ1) is 46.8. The highest BCUT2D eigenvalue weighted by atomic mass is 31.2. The van der Waals surface area contributed by atoms with Gasteiger partial charge in [-0.05, 0) is 85.8 Å². The Labute approximate surface area is 323 Å². The first-order chi connectivity index (χ1) is 25.8. The third-order valence-electron chi connectivity index (χ3n) is 10.5. The van der Waals surface area contributed by atoms with Gasteiger partial charge >= 0.3 is 19.8 Å². The number of phosphoric ester groups is 1. The highest BCUT2D eigenvalue weighted by molar-refractivity contribution is 7.48. The lowest BCUT2D eigenvalue weighted by Crippen LogP contribution is -2.32. The van der Waals surface area contributed by atoms with Crippen LogP contribution in [-0.4, -0.2) is 29.0 Å². The maximum absolute atomic E-state index is 13.5. The van der Waals surface area contributed by atoms with Crippen molar-refractivity contribution in [2.24, 2.45) is 0 Å². The smallest absolute Gasteiger partial charge is 0.482 e. The fraction of sp³-hybridized carbons (Fsp3) is 0.773. The summed E-state index contributed by atoms with van der Waals surface area (Å²) in [4.78, 5) is 37.9. The fourth-order valence-electron chi connectivity index (χ4n) is 7.31. The number of carbonyl (C=O) groups excluding carboxylic acids is 2. The lowest BCUT2D eigenvalue weighted by atomic mass is 9.91. The fourth-order valence-corrected chi connectivity index (χ4v) is 7.99. The van der Waals surface area contributed by atoms with Crippen LogP contribution in [0.5, 0.6) is 0 Å². The van der Waals surface area contributed by atoms with Crippen molar-refractivity contribution >= 4 is 19.8 Å². The molecule has 2 atom stereocenters. The van der Waals surface area contributed by atoms with Gasteiger partial charge in [-0.25, -0.2) is 14.2 Å². The number of hydrogen-bond donors (Lipinski definition) is 1. The Hall–Kier alpha value is -2.31. The molecule has 2 heterocycles. The number of carbonyl (C=O) groups is 2. The van der Waals surface area contributed by atoms with Crippen LogP contribution in [0.4, 0.5) is 0 Å². The second-order valence-electron chi connectivity index (χ2n) is 15.1. The average Bonchev–Trinajstić information content (AvgIpc) is 3.14. The van der Waals surface area contributed by atoms with Crippen LogP contribution in [0.1, 0.15) is 207 Å². The molecule has 9 heteroatoms. The third-order valence-corrected chi connectivity index (χ3v) is 11.3. The van der Waals surface area contributed by atoms with Crippen LogP contribution in [0.2, 0.25) is 0 Å². The minimum Gasteiger partial charge on any atom is -0.482 e. The summed E-state index contributed by atoms with van der Waals surface area (Å²) in [7, 11) is -5.15. The number of phosphoric acid groups is 1. The molecule has 0 aromatic rings. The summed E-state index contributed by atoms with van der Waals surface area (Å²) >= 11 is 0. The van der Waals surface area contributed by atoms with E-state index in [-0.39, 0.29) is 0 Å². The molecule has 0 saturated carbocycles. The summed E-state index contributed by atoms with van der Waals surface area (Å²) in [5.41, 5.74) is 3.63. The second-order valence-corrected chi connectivity index (χ2v) is 16.4. The van der Waals surface area contributed by atoms with Gasteiger partial charge in [0, 0.05) is 0 Å². The molecule has 0 aromatic heterocycles. The van der Waals surface area contributed by atoms with Gasteiger partial charge in [0.15, 0.2) is 0 Å². The van der Waals surface area contributed by atoms with Crippen LogP contribution in [-0.2, 0) is 32.7 Å². The summed E-state index contributed by atoms with van der Waals surface area (Å²) in [5, 5.41) is 0. The minimum atomic E-state index is -5.15. The van der Waals surface area contributed by atoms with E-state index < -0.39 is 32.0 Å². The molecule has 304 valence electrons. The van der Waals surface area contributed by atoms with Gasteiger partial charge in [0.2, 0.25) is 12.2 Å². The first-order valence-corrected chi connectivity index (χ1v) is 23.1. The molecule has 0 amide bonds. The van der Waals surface area contributed by atoms with Gasteiger partial charge in [-0.3, -0.25) is 4.89 Å². The van der Waals surface area contributed by atoms with E-state index in [9.17, 15) is 19.0 Å². The predicted molar refractivity (Wildman–Crippen MR) is 216 cm³/mol. The standard InChI is InChI=1S/C44H75O8P/c1-5-9-13-17-21-25-29-37-33-35-49-41(39(37)31-27-23-19-15-11-7-3)43(45)51-53(47,48)52-44(46)42-40(32-28-24-20-16-12-8-4)38(34-36-50-42)30-26-22-18-14-10-6-2/h33-36,41-42H,5-32H2,1-4H3,(H,47,48). The van der Waals surface area contributed by atoms with Crippen molar-refractivity contribution < 1.29 is 37.6 Å². The van der Waals surface area contributed by atoms with Crippen molar-refractivity contribution in [2.45, 2.75) is 220 Å². The van der Waals surface area contributed by atoms with E-state index in [1.165, 1.54) is 102 Å². The summed E-state index contributed by atoms with van der Waals surface area (Å²) in [6.45, 7) is 8.80. The molecule has 0 saturated heterocycles. The number of hydrogen-bond acceptors (Lipinski definition) is 7. The van der Waals surface area contributed by atoms with Crippen molar-refractivity contribution in [2.75, 3.05) is 0 Å². The Morgan fingerprint density at radius 1 is 0.509 bits per heavy atom. The van der Waals surface area contributed by atoms with E-state index in [2.05, 4.69) is 27.7 Å². The topological polar surface area (TPSA) is 108 Å². The highest BCUT2D eigenvalue weighted by Crippen LogP contribution is 2.46. The molecule has 0 fully saturated rings. The van der Waals surface area contributed by atoms with E-state index in [1.54, 1.807) is 0 Å². The van der Waals surface area contributed by atoms with Gasteiger partial charge in [-0.2, -0.15) is 0 Å². The van der Waals surface area contributed by atoms with Crippen molar-refractivity contribution in [3.63, 3.8) is 0 Å². The summed E-state index contributed by atoms with van der Waals surface area (Å²) < 4.78 is 35.0. The van der Waals surface area contributed by atoms with Gasteiger partial charge in [0.1, 0.15) is 0 Å². The molecule has 0 aliphatic carbocycles. The van der Waals surface area contributed by atoms with E-state index in [1.807, 2.05) is 12.2 Å². The van der Waals surface area contributed by atoms with Gasteiger partial charge in [-0.15, -0.1) is 0 Å². The zero-order valence-electron chi connectivity index (χ0n) is 34.0. The van der Waals surface area contributed by atoms with E-state index >= 15 is 0 Å². The SMILES string of the molecule is CCCCCCCCC1=C(CCCCCCCC)C(C(=O)OP(=O)(O)OC(=O)C2OC=CC(CCCCCCCC)=C2CCCCCCCC)OC=C1. The minimum absolute atomic E-state index is 0.632. The van der Waals surface area contributed by atoms with Crippen molar-refractivity contribution in [3.05, 3.63) is 47.0 Å². The monoisotopic (exact) mass is 763 g/mol. The number of unbranched alkanes of at least 4 members (excludes halogenated alkanes) is 20. The van der Waals surface area contributed by atoms with Crippen molar-refractivity contribution in [3.8, 4) is 0 Å². The lowest BCUT2D eigenvalue weighted by molar-refractivity contribution is -0.148. The molecule has 2 unspecified atom stereocenters. The van der Waals surface area contributed by atoms with Crippen molar-refractivity contribution in [1.29, 1.82) is 0 Å². The predicted octanol–water partition coefficient (Wildman–Crippen LogP) is 13.6. The van der Waals surface area contributed by atoms with Crippen LogP contribution in [0.25, 0.3) is 0 Å². The molecule has 0 aromatic carbocycles. The molecular formula is C44H75O8P. The van der Waals surface area contributed by atoms with Gasteiger partial charge in [0.25, 0.3) is 0 Å². The summed E-state index contributed by atoms with van der Waals surface area (Å²) in [6, 6.07) is 0. The van der Waals surface area contributed by atoms with Gasteiger partial charge in [-0.1, -0.05) is 156 Å². The summed E-state index contributed by atoms with van der Waals surface area (Å²) in [5.74, 6) is -2.05. The molecule has 8 nitrogen and oxygen atoms in total. The van der Waals surface area contributed by atoms with Crippen LogP contribution in [0, 0.1) is 0 Å². The Kier molecular flexibility index (Phi) is 25.7. The lowest BCUT2D eigenvalue weighted by Gasteiger charge is -2.27. The normalized spacial score (nSPS) is 18.1. The van der Waals surface area contributed by atoms with Crippen LogP contribution < -0.4 is 0 Å². The molecule has 0 bridgehead atoms. The van der Waals surface area contributed by atoms with E-state index in [0.717, 1.165) is 99.3 Å². The third kappa shape index (κ3) is 19.7. The maximum Gasteiger partial charge on any atom is 0.589 e. The van der Waals surface area contributed by atoms with Crippen LogP contribution in [0.15, 0.2) is 47.0 Å². The molecule has 2 rings (SSSR count). The average molecular weight is 763 g/mol. The zero-order chi connectivity index (χ0) is 38.6. The van der Waals surface area contributed by atoms with E-state index in [4.69, 9.17) is 18.5 Å². The Morgan fingerprint density at radius 2 is 0.792 bits per heavy atom. The first-order valence-electron chi connectivity index (χ1n) is 21.6. The molecule has 53 heavy (non-hydrogen) atoms. The molecular weight excluding hydrogens is 687 g/mol. The van der Waals surface area contributed by atoms with Crippen LogP contribution in [0.3, 0.4) is 0 Å². The van der Waals surface area contributed by atoms with Crippen molar-refractivity contribution in [1.82, 2.24) is 0 Å². The quantitative estimate of drug-likeness (QED) is 0.0533. The highest BCUT2D eigenvalue weighted by Gasteiger charge is 2.41. The van der Waals surface area contributed by atoms with Gasteiger partial charge in [0.05, 0.1) is 12.5 Å². The van der Waals surface area contributed by atoms with Crippen LogP contribution >= 0.6 is 7.82 Å². The number of allylic oxidation sites excluding steroid dienone is 4. The zero-order valence-corrected chi connectivity index (χ0v) is 34.9. The van der Waals surface area contributed by atoms with Gasteiger partial charge < -0.3 is 18.5 Å². The summed E-state index contributed by atoms with van der Waals surface area (Å²) in [6.07, 6.45) is 34.3. The number of ether oxygens (including phenoxy) is 2. The molecule has 2 aliphatic heterocycles. The Balaban J connectivity index is 2.13. The molecule has 2 aliphatic rings. The molecule has 0 spiro atoms. The Bertz CT molecular complexity index is 1110. The van der Waals surface area contributed by atoms with E-state index in [0.29, 0.717) is 12.8 Å². The number of rotatable bonds is 32. The molecule has 0 radical (unpaired) electrons. The maximum atomic E-state index is 13.5. The Morgan fingerprint density at radius 3 is 1.11 bits per heavy atom. The molecule has 1 N–H and O–H groups in total. The second kappa shape index (κ2) is 29.0. The largest absolute Gasteiger partial charge is 0.589 e.